The predicted molar refractivity (Wildman–Crippen MR) is 195 cm³/mol. The van der Waals surface area contributed by atoms with Crippen LogP contribution < -0.4 is 11.1 Å². The molecule has 0 aromatic heterocycles. The number of hydrogen-bond acceptors (Lipinski definition) is 8. The number of nitrogens with two attached hydrogens (primary N) is 2. The number of ether oxygens (including phenoxy) is 1. The van der Waals surface area contributed by atoms with E-state index in [-0.39, 0.29) is 36.1 Å². The van der Waals surface area contributed by atoms with Gasteiger partial charge in [0.2, 0.25) is 0 Å². The molecule has 2 aliphatic heterocycles. The summed E-state index contributed by atoms with van der Waals surface area (Å²) in [5.74, 6) is 0.199. The van der Waals surface area contributed by atoms with Gasteiger partial charge in [-0.3, -0.25) is 10.5 Å². The highest BCUT2D eigenvalue weighted by Gasteiger charge is 2.72. The molecule has 5 aliphatic carbocycles. The van der Waals surface area contributed by atoms with Gasteiger partial charge in [0, 0.05) is 23.7 Å². The third kappa shape index (κ3) is 6.15. The normalized spacial score (nSPS) is 49.6. The van der Waals surface area contributed by atoms with Crippen molar-refractivity contribution >= 4 is 5.78 Å². The number of hydrogen-bond donors (Lipinski definition) is 7. The lowest BCUT2D eigenvalue weighted by atomic mass is 9.43. The van der Waals surface area contributed by atoms with Gasteiger partial charge in [-0.2, -0.15) is 0 Å². The summed E-state index contributed by atoms with van der Waals surface area (Å²) in [5, 5.41) is 63.1. The van der Waals surface area contributed by atoms with Gasteiger partial charge in [-0.05, 0) is 125 Å². The van der Waals surface area contributed by atoms with Gasteiger partial charge < -0.3 is 35.6 Å². The minimum absolute atomic E-state index is 0.0353. The molecule has 0 radical (unpaired) electrons. The maximum atomic E-state index is 14.2. The SMILES string of the molecule is CCCCCC[C@H]1CO[C@H]2[C@H]1CCCC[C@]2(O)[C@](C)(O)[C@@H]1CC[C@]2(O)C3=CC(=O)[C@H]4C[C@@H](O)[C@@H](O)C[C@]4(CCC4CCC(N)[NH2+]C4)[C@@H]3CC[C@]12C. The van der Waals surface area contributed by atoms with Crippen molar-refractivity contribution in [1.82, 2.24) is 0 Å². The van der Waals surface area contributed by atoms with Gasteiger partial charge in [0.15, 0.2) is 5.78 Å². The van der Waals surface area contributed by atoms with Gasteiger partial charge in [-0.1, -0.05) is 52.4 Å². The molecule has 6 fully saturated rings. The van der Waals surface area contributed by atoms with E-state index in [0.717, 1.165) is 69.9 Å². The molecule has 0 spiro atoms. The Balaban J connectivity index is 1.17. The minimum Gasteiger partial charge on any atom is -0.390 e. The van der Waals surface area contributed by atoms with Crippen molar-refractivity contribution in [3.05, 3.63) is 11.6 Å². The summed E-state index contributed by atoms with van der Waals surface area (Å²) in [6.45, 7) is 7.75. The van der Waals surface area contributed by atoms with Crippen molar-refractivity contribution in [3.63, 3.8) is 0 Å². The zero-order valence-corrected chi connectivity index (χ0v) is 31.9. The van der Waals surface area contributed by atoms with E-state index < -0.39 is 51.9 Å². The molecule has 7 aliphatic rings. The Morgan fingerprint density at radius 3 is 2.53 bits per heavy atom. The van der Waals surface area contributed by atoms with Crippen LogP contribution in [0.4, 0.5) is 0 Å². The molecule has 9 N–H and O–H groups in total. The first kappa shape index (κ1) is 38.4. The zero-order valence-electron chi connectivity index (χ0n) is 31.9. The molecule has 2 heterocycles. The highest BCUT2D eigenvalue weighted by Crippen LogP contribution is 2.70. The summed E-state index contributed by atoms with van der Waals surface area (Å²) < 4.78 is 6.55. The fourth-order valence-corrected chi connectivity index (χ4v) is 13.8. The van der Waals surface area contributed by atoms with Crippen LogP contribution in [-0.4, -0.2) is 85.7 Å². The molecule has 15 atom stereocenters. The molecule has 0 aromatic rings. The molecule has 0 amide bonds. The quantitative estimate of drug-likeness (QED) is 0.167. The highest BCUT2D eigenvalue weighted by molar-refractivity contribution is 5.95. The number of carbonyl (C=O) groups excluding carboxylic acids is 1. The van der Waals surface area contributed by atoms with Crippen molar-refractivity contribution in [2.75, 3.05) is 13.2 Å². The highest BCUT2D eigenvalue weighted by atomic mass is 16.5. The van der Waals surface area contributed by atoms with Crippen molar-refractivity contribution in [1.29, 1.82) is 0 Å². The van der Waals surface area contributed by atoms with Gasteiger partial charge in [-0.15, -0.1) is 0 Å². The number of rotatable bonds is 10. The van der Waals surface area contributed by atoms with E-state index in [0.29, 0.717) is 50.5 Å². The van der Waals surface area contributed by atoms with Gasteiger partial charge in [0.05, 0.1) is 42.7 Å². The molecule has 9 heteroatoms. The lowest BCUT2D eigenvalue weighted by molar-refractivity contribution is -0.703. The van der Waals surface area contributed by atoms with E-state index in [1.807, 2.05) is 6.92 Å². The average molecular weight is 716 g/mol. The maximum Gasteiger partial charge on any atom is 0.159 e. The number of quaternary nitrogens is 1. The summed E-state index contributed by atoms with van der Waals surface area (Å²) in [6.07, 6.45) is 15.6. The Labute approximate surface area is 306 Å². The predicted octanol–water partition coefficient (Wildman–Crippen LogP) is 3.87. The summed E-state index contributed by atoms with van der Waals surface area (Å²) in [5.41, 5.74) is 1.41. The van der Waals surface area contributed by atoms with Gasteiger partial charge >= 0.3 is 0 Å². The first-order chi connectivity index (χ1) is 24.2. The number of allylic oxidation sites excluding steroid dienone is 1. The fraction of sp³-hybridized carbons (Fsp3) is 0.929. The second-order valence-corrected chi connectivity index (χ2v) is 19.3. The zero-order chi connectivity index (χ0) is 36.4. The van der Waals surface area contributed by atoms with Gasteiger partial charge in [0.25, 0.3) is 0 Å². The van der Waals surface area contributed by atoms with Crippen molar-refractivity contribution in [3.8, 4) is 0 Å². The third-order valence-electron chi connectivity index (χ3n) is 16.8. The molecular weight excluding hydrogens is 644 g/mol. The smallest absolute Gasteiger partial charge is 0.159 e. The molecule has 290 valence electrons. The van der Waals surface area contributed by atoms with E-state index >= 15 is 0 Å². The number of fused-ring (bicyclic) bond motifs is 6. The molecule has 7 rings (SSSR count). The minimum atomic E-state index is -1.51. The van der Waals surface area contributed by atoms with E-state index in [9.17, 15) is 30.3 Å². The Morgan fingerprint density at radius 1 is 0.980 bits per heavy atom. The Hall–Kier alpha value is -0.910. The lowest BCUT2D eigenvalue weighted by Gasteiger charge is -2.62. The van der Waals surface area contributed by atoms with Gasteiger partial charge in [-0.25, -0.2) is 0 Å². The van der Waals surface area contributed by atoms with Crippen LogP contribution in [-0.2, 0) is 9.53 Å². The Morgan fingerprint density at radius 2 is 1.78 bits per heavy atom. The monoisotopic (exact) mass is 716 g/mol. The third-order valence-corrected chi connectivity index (χ3v) is 16.8. The summed E-state index contributed by atoms with van der Waals surface area (Å²) in [4.78, 5) is 14.2. The molecule has 9 nitrogen and oxygen atoms in total. The number of carbonyl (C=O) groups is 1. The van der Waals surface area contributed by atoms with Crippen LogP contribution in [0.15, 0.2) is 11.6 Å². The topological polar surface area (TPSA) is 170 Å². The Kier molecular flexibility index (Phi) is 10.8. The summed E-state index contributed by atoms with van der Waals surface area (Å²) in [6, 6.07) is 0. The van der Waals surface area contributed by atoms with Gasteiger partial charge in [0.1, 0.15) is 11.8 Å². The van der Waals surface area contributed by atoms with E-state index in [2.05, 4.69) is 19.2 Å². The van der Waals surface area contributed by atoms with Crippen molar-refractivity contribution < 1.29 is 40.4 Å². The number of ketones is 1. The first-order valence-corrected chi connectivity index (χ1v) is 21.2. The molecule has 0 bridgehead atoms. The molecule has 2 unspecified atom stereocenters. The first-order valence-electron chi connectivity index (χ1n) is 21.2. The van der Waals surface area contributed by atoms with Crippen LogP contribution in [0.1, 0.15) is 143 Å². The summed E-state index contributed by atoms with van der Waals surface area (Å²) in [7, 11) is 0. The fourth-order valence-electron chi connectivity index (χ4n) is 13.8. The number of aliphatic hydroxyl groups is 5. The van der Waals surface area contributed by atoms with Crippen LogP contribution in [0.3, 0.4) is 0 Å². The maximum absolute atomic E-state index is 14.2. The van der Waals surface area contributed by atoms with E-state index in [1.165, 1.54) is 25.7 Å². The number of aliphatic hydroxyl groups excluding tert-OH is 2. The van der Waals surface area contributed by atoms with Crippen LogP contribution >= 0.6 is 0 Å². The second-order valence-electron chi connectivity index (χ2n) is 19.3. The van der Waals surface area contributed by atoms with Crippen LogP contribution in [0.2, 0.25) is 0 Å². The number of unbranched alkanes of at least 4 members (excludes halogenated alkanes) is 3. The molecular formula is C42H71N2O7+. The number of piperidine rings is 1. The average Bonchev–Trinajstić information content (AvgIpc) is 3.58. The second kappa shape index (κ2) is 14.3. The van der Waals surface area contributed by atoms with Crippen molar-refractivity contribution in [2.45, 2.75) is 184 Å². The molecule has 0 aromatic carbocycles. The Bertz CT molecular complexity index is 1300. The van der Waals surface area contributed by atoms with Crippen molar-refractivity contribution in [2.24, 2.45) is 52.1 Å². The molecule has 51 heavy (non-hydrogen) atoms. The lowest BCUT2D eigenvalue weighted by Crippen LogP contribution is -2.95. The molecule has 4 saturated carbocycles. The molecule has 2 saturated heterocycles. The summed E-state index contributed by atoms with van der Waals surface area (Å²) >= 11 is 0. The van der Waals surface area contributed by atoms with E-state index in [4.69, 9.17) is 10.5 Å². The standard InChI is InChI=1S/C42H70N2O7/c1-4-5-6-7-10-27-25-51-37-28(27)11-8-9-17-42(37,50)39(3,48)35-16-20-41(49)30-21-32(45)31-22-33(46)34(47)23-40(31,29(30)15-18-38(35,41)2)19-14-26-12-13-36(43)44-24-26/h21,26-29,31,33-37,44,46-50H,4-20,22-25,43H2,1-3H3/p+1/t26?,27-,28-,29+,31+,33+,34-,35+,36?,37-,38+,39+,40+,41-,42+/m0/s1. The van der Waals surface area contributed by atoms with Crippen LogP contribution in [0.5, 0.6) is 0 Å². The largest absolute Gasteiger partial charge is 0.390 e. The van der Waals surface area contributed by atoms with Crippen LogP contribution in [0.25, 0.3) is 0 Å². The van der Waals surface area contributed by atoms with E-state index in [1.54, 1.807) is 6.08 Å². The van der Waals surface area contributed by atoms with Crippen LogP contribution in [0, 0.1) is 46.3 Å².